The molecule has 0 unspecified atom stereocenters. The summed E-state index contributed by atoms with van der Waals surface area (Å²) in [4.78, 5) is 20.1. The van der Waals surface area contributed by atoms with Crippen LogP contribution in [-0.2, 0) is 6.54 Å². The van der Waals surface area contributed by atoms with Gasteiger partial charge in [0.15, 0.2) is 11.5 Å². The van der Waals surface area contributed by atoms with Crippen molar-refractivity contribution in [2.75, 3.05) is 6.54 Å². The molecule has 0 aliphatic heterocycles. The smallest absolute Gasteiger partial charge is 0.271 e. The fourth-order valence-electron chi connectivity index (χ4n) is 2.17. The minimum Gasteiger partial charge on any atom is -0.351 e. The summed E-state index contributed by atoms with van der Waals surface area (Å²) in [7, 11) is 0. The molecule has 3 rings (SSSR count). The zero-order valence-electron chi connectivity index (χ0n) is 12.8. The minimum absolute atomic E-state index is 0.225. The van der Waals surface area contributed by atoms with Gasteiger partial charge in [-0.25, -0.2) is 9.97 Å². The molecule has 0 aliphatic carbocycles. The molecule has 1 N–H and O–H groups in total. The molecule has 118 valence electrons. The number of hydrogen-bond donors (Lipinski definition) is 1. The van der Waals surface area contributed by atoms with Crippen molar-refractivity contribution in [2.24, 2.45) is 0 Å². The molecule has 0 radical (unpaired) electrons. The Balaban J connectivity index is 1.52. The van der Waals surface area contributed by atoms with Crippen LogP contribution < -0.4 is 5.32 Å². The van der Waals surface area contributed by atoms with Gasteiger partial charge in [-0.05, 0) is 25.5 Å². The summed E-state index contributed by atoms with van der Waals surface area (Å²) in [6.07, 6.45) is 9.70. The number of amides is 1. The lowest BCUT2D eigenvalue weighted by Crippen LogP contribution is -2.26. The molecular formula is C15H17N7O. The molecule has 3 aromatic rings. The molecule has 3 aromatic heterocycles. The molecule has 0 spiro atoms. The number of rotatable bonds is 6. The summed E-state index contributed by atoms with van der Waals surface area (Å²) in [6, 6.07) is 3.41. The van der Waals surface area contributed by atoms with Gasteiger partial charge < -0.3 is 9.88 Å². The number of nitrogens with one attached hydrogen (secondary N) is 1. The number of carbonyl (C=O) groups is 1. The number of aromatic nitrogens is 6. The van der Waals surface area contributed by atoms with Gasteiger partial charge >= 0.3 is 0 Å². The Bertz CT molecular complexity index is 761. The molecule has 1 amide bonds. The van der Waals surface area contributed by atoms with E-state index in [0.29, 0.717) is 18.1 Å². The first-order chi connectivity index (χ1) is 11.2. The third-order valence-corrected chi connectivity index (χ3v) is 3.39. The molecule has 8 nitrogen and oxygen atoms in total. The molecule has 0 aromatic carbocycles. The standard InChI is InChI=1S/C15H17N7O/c1-12-17-7-10-22(12)14-4-3-13(19-20-14)15(23)18-5-2-8-21-9-6-16-11-21/h3-4,6-7,9-11H,2,5,8H2,1H3,(H,18,23). The van der Waals surface area contributed by atoms with Crippen LogP contribution in [-0.4, -0.2) is 41.8 Å². The van der Waals surface area contributed by atoms with E-state index in [1.54, 1.807) is 41.6 Å². The highest BCUT2D eigenvalue weighted by Gasteiger charge is 2.09. The zero-order valence-corrected chi connectivity index (χ0v) is 12.8. The minimum atomic E-state index is -0.225. The first-order valence-corrected chi connectivity index (χ1v) is 7.32. The predicted molar refractivity (Wildman–Crippen MR) is 83.1 cm³/mol. The Morgan fingerprint density at radius 2 is 2.13 bits per heavy atom. The van der Waals surface area contributed by atoms with E-state index in [0.717, 1.165) is 18.8 Å². The summed E-state index contributed by atoms with van der Waals surface area (Å²) >= 11 is 0. The zero-order chi connectivity index (χ0) is 16.1. The van der Waals surface area contributed by atoms with Crippen LogP contribution in [0.3, 0.4) is 0 Å². The largest absolute Gasteiger partial charge is 0.351 e. The van der Waals surface area contributed by atoms with Gasteiger partial charge in [0.05, 0.1) is 6.33 Å². The first kappa shape index (κ1) is 14.9. The maximum Gasteiger partial charge on any atom is 0.271 e. The second kappa shape index (κ2) is 6.82. The van der Waals surface area contributed by atoms with Gasteiger partial charge in [0, 0.05) is 37.9 Å². The van der Waals surface area contributed by atoms with Crippen molar-refractivity contribution in [2.45, 2.75) is 19.9 Å². The van der Waals surface area contributed by atoms with Crippen molar-refractivity contribution in [3.63, 3.8) is 0 Å². The van der Waals surface area contributed by atoms with Gasteiger partial charge in [-0.1, -0.05) is 0 Å². The lowest BCUT2D eigenvalue weighted by molar-refractivity contribution is 0.0946. The van der Waals surface area contributed by atoms with E-state index in [1.807, 2.05) is 17.7 Å². The fourth-order valence-corrected chi connectivity index (χ4v) is 2.17. The summed E-state index contributed by atoms with van der Waals surface area (Å²) in [6.45, 7) is 3.26. The van der Waals surface area contributed by atoms with Gasteiger partial charge in [-0.2, -0.15) is 0 Å². The van der Waals surface area contributed by atoms with Crippen LogP contribution in [0.1, 0.15) is 22.7 Å². The number of carbonyl (C=O) groups excluding carboxylic acids is 1. The SMILES string of the molecule is Cc1nccn1-c1ccc(C(=O)NCCCn2ccnc2)nn1. The van der Waals surface area contributed by atoms with Gasteiger partial charge in [0.1, 0.15) is 5.82 Å². The Labute approximate surface area is 133 Å². The Hall–Kier alpha value is -3.03. The molecule has 0 aliphatic rings. The first-order valence-electron chi connectivity index (χ1n) is 7.32. The van der Waals surface area contributed by atoms with Crippen LogP contribution in [0.2, 0.25) is 0 Å². The second-order valence-electron chi connectivity index (χ2n) is 5.03. The number of imidazole rings is 2. The molecule has 0 saturated heterocycles. The van der Waals surface area contributed by atoms with Crippen LogP contribution in [0.5, 0.6) is 0 Å². The van der Waals surface area contributed by atoms with E-state index >= 15 is 0 Å². The van der Waals surface area contributed by atoms with Crippen molar-refractivity contribution in [1.82, 2.24) is 34.6 Å². The molecular weight excluding hydrogens is 294 g/mol. The summed E-state index contributed by atoms with van der Waals surface area (Å²) in [5.41, 5.74) is 0.300. The van der Waals surface area contributed by atoms with Gasteiger partial charge in [-0.3, -0.25) is 9.36 Å². The normalized spacial score (nSPS) is 10.7. The van der Waals surface area contributed by atoms with E-state index < -0.39 is 0 Å². The highest BCUT2D eigenvalue weighted by atomic mass is 16.1. The van der Waals surface area contributed by atoms with Crippen LogP contribution in [0.4, 0.5) is 0 Å². The highest BCUT2D eigenvalue weighted by Crippen LogP contribution is 2.06. The molecule has 3 heterocycles. The molecule has 8 heteroatoms. The van der Waals surface area contributed by atoms with Crippen molar-refractivity contribution in [3.05, 3.63) is 54.8 Å². The summed E-state index contributed by atoms with van der Waals surface area (Å²) in [5, 5.41) is 10.9. The Morgan fingerprint density at radius 3 is 2.78 bits per heavy atom. The summed E-state index contributed by atoms with van der Waals surface area (Å²) in [5.74, 6) is 1.23. The van der Waals surface area contributed by atoms with Gasteiger partial charge in [0.25, 0.3) is 5.91 Å². The highest BCUT2D eigenvalue weighted by molar-refractivity contribution is 5.92. The molecule has 0 atom stereocenters. The number of nitrogens with zero attached hydrogens (tertiary/aromatic N) is 6. The second-order valence-corrected chi connectivity index (χ2v) is 5.03. The van der Waals surface area contributed by atoms with E-state index in [9.17, 15) is 4.79 Å². The van der Waals surface area contributed by atoms with Crippen molar-refractivity contribution >= 4 is 5.91 Å². The Morgan fingerprint density at radius 1 is 1.22 bits per heavy atom. The monoisotopic (exact) mass is 311 g/mol. The van der Waals surface area contributed by atoms with Crippen molar-refractivity contribution in [3.8, 4) is 5.82 Å². The van der Waals surface area contributed by atoms with E-state index in [2.05, 4.69) is 25.5 Å². The average Bonchev–Trinajstić information content (AvgIpc) is 3.23. The van der Waals surface area contributed by atoms with Crippen molar-refractivity contribution < 1.29 is 4.79 Å². The quantitative estimate of drug-likeness (QED) is 0.686. The molecule has 0 bridgehead atoms. The van der Waals surface area contributed by atoms with Gasteiger partial charge in [-0.15, -0.1) is 10.2 Å². The lowest BCUT2D eigenvalue weighted by atomic mass is 10.3. The average molecular weight is 311 g/mol. The third-order valence-electron chi connectivity index (χ3n) is 3.39. The van der Waals surface area contributed by atoms with Gasteiger partial charge in [0.2, 0.25) is 0 Å². The molecule has 0 fully saturated rings. The predicted octanol–water partition coefficient (Wildman–Crippen LogP) is 0.987. The maximum atomic E-state index is 12.0. The van der Waals surface area contributed by atoms with Crippen molar-refractivity contribution in [1.29, 1.82) is 0 Å². The third kappa shape index (κ3) is 3.60. The lowest BCUT2D eigenvalue weighted by Gasteiger charge is -2.06. The number of hydrogen-bond acceptors (Lipinski definition) is 5. The number of aryl methyl sites for hydroxylation is 2. The molecule has 0 saturated carbocycles. The topological polar surface area (TPSA) is 90.5 Å². The Kier molecular flexibility index (Phi) is 4.41. The van der Waals surface area contributed by atoms with Crippen LogP contribution >= 0.6 is 0 Å². The van der Waals surface area contributed by atoms with Crippen LogP contribution in [0, 0.1) is 6.92 Å². The van der Waals surface area contributed by atoms with E-state index in [1.165, 1.54) is 0 Å². The van der Waals surface area contributed by atoms with E-state index in [-0.39, 0.29) is 5.91 Å². The fraction of sp³-hybridized carbons (Fsp3) is 0.267. The van der Waals surface area contributed by atoms with Crippen LogP contribution in [0.15, 0.2) is 43.2 Å². The summed E-state index contributed by atoms with van der Waals surface area (Å²) < 4.78 is 3.77. The van der Waals surface area contributed by atoms with E-state index in [4.69, 9.17) is 0 Å². The maximum absolute atomic E-state index is 12.0. The van der Waals surface area contributed by atoms with Crippen LogP contribution in [0.25, 0.3) is 5.82 Å². The molecule has 23 heavy (non-hydrogen) atoms.